The van der Waals surface area contributed by atoms with E-state index >= 15 is 0 Å². The Morgan fingerprint density at radius 2 is 1.96 bits per heavy atom. The predicted molar refractivity (Wildman–Crippen MR) is 91.1 cm³/mol. The van der Waals surface area contributed by atoms with Crippen LogP contribution >= 0.6 is 0 Å². The number of nitro groups is 1. The van der Waals surface area contributed by atoms with Crippen LogP contribution in [-0.2, 0) is 6.54 Å². The lowest BCUT2D eigenvalue weighted by atomic mass is 10.2. The van der Waals surface area contributed by atoms with E-state index in [9.17, 15) is 10.1 Å². The molecular weight excluding hydrogens is 322 g/mol. The van der Waals surface area contributed by atoms with Crippen molar-refractivity contribution in [3.8, 4) is 11.3 Å². The van der Waals surface area contributed by atoms with Gasteiger partial charge in [0, 0.05) is 11.6 Å². The minimum atomic E-state index is -0.465. The average molecular weight is 335 g/mol. The number of hydrogen-bond acceptors (Lipinski definition) is 6. The summed E-state index contributed by atoms with van der Waals surface area (Å²) < 4.78 is 7.11. The van der Waals surface area contributed by atoms with Gasteiger partial charge in [-0.05, 0) is 11.0 Å². The molecule has 4 rings (SSSR count). The molecular formula is C17H13N5O3. The molecule has 0 fully saturated rings. The number of imidazole rings is 1. The smallest absolute Gasteiger partial charge is 0.372 e. The highest BCUT2D eigenvalue weighted by Gasteiger charge is 2.22. The van der Waals surface area contributed by atoms with Gasteiger partial charge in [0.2, 0.25) is 17.4 Å². The van der Waals surface area contributed by atoms with Gasteiger partial charge >= 0.3 is 5.82 Å². The van der Waals surface area contributed by atoms with Crippen LogP contribution in [0.4, 0.5) is 11.6 Å². The Bertz CT molecular complexity index is 1040. The topological polar surface area (TPSA) is 98.5 Å². The van der Waals surface area contributed by atoms with Gasteiger partial charge in [-0.2, -0.15) is 9.38 Å². The number of anilines is 1. The molecule has 0 spiro atoms. The molecule has 25 heavy (non-hydrogen) atoms. The average Bonchev–Trinajstić information content (AvgIpc) is 3.25. The highest BCUT2D eigenvalue weighted by molar-refractivity contribution is 5.62. The van der Waals surface area contributed by atoms with Gasteiger partial charge in [0.05, 0.1) is 18.9 Å². The van der Waals surface area contributed by atoms with Crippen LogP contribution in [0.15, 0.2) is 65.3 Å². The number of oxazole rings is 1. The van der Waals surface area contributed by atoms with E-state index in [1.807, 2.05) is 30.3 Å². The van der Waals surface area contributed by atoms with Gasteiger partial charge in [0.1, 0.15) is 0 Å². The molecule has 0 unspecified atom stereocenters. The number of pyridine rings is 1. The fourth-order valence-corrected chi connectivity index (χ4v) is 2.56. The molecule has 0 bridgehead atoms. The second-order valence-electron chi connectivity index (χ2n) is 5.31. The van der Waals surface area contributed by atoms with Gasteiger partial charge in [0.25, 0.3) is 0 Å². The molecule has 8 heteroatoms. The fraction of sp³-hybridized carbons (Fsp3) is 0.0588. The first-order valence-corrected chi connectivity index (χ1v) is 7.58. The molecule has 1 N–H and O–H groups in total. The number of aromatic nitrogens is 3. The Morgan fingerprint density at radius 1 is 1.16 bits per heavy atom. The summed E-state index contributed by atoms with van der Waals surface area (Å²) in [5.41, 5.74) is 1.41. The lowest BCUT2D eigenvalue weighted by Crippen LogP contribution is -2.03. The van der Waals surface area contributed by atoms with Crippen LogP contribution in [0.5, 0.6) is 0 Å². The maximum absolute atomic E-state index is 11.4. The van der Waals surface area contributed by atoms with Crippen molar-refractivity contribution in [3.05, 3.63) is 76.9 Å². The van der Waals surface area contributed by atoms with Crippen molar-refractivity contribution in [1.82, 2.24) is 14.4 Å². The van der Waals surface area contributed by atoms with Crippen molar-refractivity contribution in [2.24, 2.45) is 0 Å². The van der Waals surface area contributed by atoms with E-state index in [0.29, 0.717) is 17.3 Å². The summed E-state index contributed by atoms with van der Waals surface area (Å²) >= 11 is 0. The van der Waals surface area contributed by atoms with Gasteiger partial charge in [0.15, 0.2) is 5.76 Å². The Balaban J connectivity index is 1.58. The van der Waals surface area contributed by atoms with Gasteiger partial charge in [-0.15, -0.1) is 0 Å². The second kappa shape index (κ2) is 6.08. The monoisotopic (exact) mass is 335 g/mol. The summed E-state index contributed by atoms with van der Waals surface area (Å²) in [4.78, 5) is 19.4. The van der Waals surface area contributed by atoms with Crippen LogP contribution < -0.4 is 5.32 Å². The number of nitrogens with one attached hydrogen (secondary N) is 1. The van der Waals surface area contributed by atoms with Gasteiger partial charge < -0.3 is 19.8 Å². The zero-order valence-corrected chi connectivity index (χ0v) is 13.0. The van der Waals surface area contributed by atoms with E-state index in [1.165, 1.54) is 4.40 Å². The standard InChI is InChI=1S/C17H13N5O3/c23-22(24)17-16(20-14-8-4-5-9-21(14)17)19-11-15-18-10-13(25-15)12-6-2-1-3-7-12/h1-10,19H,11H2. The maximum atomic E-state index is 11.4. The van der Waals surface area contributed by atoms with Crippen LogP contribution in [0.3, 0.4) is 0 Å². The molecule has 3 aromatic heterocycles. The third-order valence-corrected chi connectivity index (χ3v) is 3.70. The molecule has 0 saturated heterocycles. The predicted octanol–water partition coefficient (Wildman–Crippen LogP) is 3.51. The first-order chi connectivity index (χ1) is 12.2. The van der Waals surface area contributed by atoms with Crippen molar-refractivity contribution >= 4 is 17.3 Å². The Labute approximate surface area is 141 Å². The second-order valence-corrected chi connectivity index (χ2v) is 5.31. The lowest BCUT2D eigenvalue weighted by Gasteiger charge is -2.00. The molecule has 0 radical (unpaired) electrons. The quantitative estimate of drug-likeness (QED) is 0.442. The zero-order valence-electron chi connectivity index (χ0n) is 13.0. The van der Waals surface area contributed by atoms with Gasteiger partial charge in [-0.25, -0.2) is 4.98 Å². The van der Waals surface area contributed by atoms with Crippen molar-refractivity contribution < 1.29 is 9.34 Å². The summed E-state index contributed by atoms with van der Waals surface area (Å²) in [5.74, 6) is 1.12. The largest absolute Gasteiger partial charge is 0.439 e. The minimum absolute atomic E-state index is 0.120. The molecule has 0 amide bonds. The molecule has 4 aromatic rings. The van der Waals surface area contributed by atoms with E-state index in [2.05, 4.69) is 15.3 Å². The Hall–Kier alpha value is -3.68. The molecule has 0 atom stereocenters. The van der Waals surface area contributed by atoms with Crippen LogP contribution in [0.2, 0.25) is 0 Å². The zero-order chi connectivity index (χ0) is 17.2. The number of fused-ring (bicyclic) bond motifs is 1. The molecule has 0 aliphatic carbocycles. The van der Waals surface area contributed by atoms with Crippen molar-refractivity contribution in [2.75, 3.05) is 5.32 Å². The highest BCUT2D eigenvalue weighted by atomic mass is 16.6. The molecule has 1 aromatic carbocycles. The fourth-order valence-electron chi connectivity index (χ4n) is 2.56. The van der Waals surface area contributed by atoms with Gasteiger partial charge in [-0.1, -0.05) is 36.4 Å². The van der Waals surface area contributed by atoms with Crippen LogP contribution in [-0.4, -0.2) is 19.3 Å². The SMILES string of the molecule is O=[N+]([O-])c1c(NCc2ncc(-c3ccccc3)o2)nc2ccccn12. The summed E-state index contributed by atoms with van der Waals surface area (Å²) in [5, 5.41) is 14.3. The number of nitrogens with zero attached hydrogens (tertiary/aromatic N) is 4. The van der Waals surface area contributed by atoms with Crippen molar-refractivity contribution in [2.45, 2.75) is 6.54 Å². The third kappa shape index (κ3) is 2.80. The summed E-state index contributed by atoms with van der Waals surface area (Å²) in [7, 11) is 0. The molecule has 8 nitrogen and oxygen atoms in total. The van der Waals surface area contributed by atoms with Gasteiger partial charge in [-0.3, -0.25) is 0 Å². The first-order valence-electron chi connectivity index (χ1n) is 7.58. The third-order valence-electron chi connectivity index (χ3n) is 3.70. The lowest BCUT2D eigenvalue weighted by molar-refractivity contribution is -0.389. The normalized spacial score (nSPS) is 10.9. The highest BCUT2D eigenvalue weighted by Crippen LogP contribution is 2.26. The minimum Gasteiger partial charge on any atom is -0.439 e. The van der Waals surface area contributed by atoms with E-state index in [0.717, 1.165) is 5.56 Å². The summed E-state index contributed by atoms with van der Waals surface area (Å²) in [6.07, 6.45) is 3.23. The molecule has 3 heterocycles. The number of hydrogen-bond donors (Lipinski definition) is 1. The van der Waals surface area contributed by atoms with Crippen molar-refractivity contribution in [1.29, 1.82) is 0 Å². The summed E-state index contributed by atoms with van der Waals surface area (Å²) in [6.45, 7) is 0.192. The summed E-state index contributed by atoms with van der Waals surface area (Å²) in [6, 6.07) is 14.8. The first kappa shape index (κ1) is 14.9. The van der Waals surface area contributed by atoms with Crippen molar-refractivity contribution in [3.63, 3.8) is 0 Å². The van der Waals surface area contributed by atoms with Crippen LogP contribution in [0, 0.1) is 10.1 Å². The van der Waals surface area contributed by atoms with Crippen LogP contribution in [0.25, 0.3) is 17.0 Å². The number of rotatable bonds is 5. The Kier molecular flexibility index (Phi) is 3.62. The van der Waals surface area contributed by atoms with E-state index < -0.39 is 4.92 Å². The molecule has 124 valence electrons. The van der Waals surface area contributed by atoms with E-state index in [-0.39, 0.29) is 18.2 Å². The van der Waals surface area contributed by atoms with E-state index in [4.69, 9.17) is 4.42 Å². The Morgan fingerprint density at radius 3 is 2.76 bits per heavy atom. The van der Waals surface area contributed by atoms with Crippen LogP contribution in [0.1, 0.15) is 5.89 Å². The number of benzene rings is 1. The van der Waals surface area contributed by atoms with E-state index in [1.54, 1.807) is 30.6 Å². The molecule has 0 aliphatic heterocycles. The molecule has 0 saturated carbocycles. The molecule has 0 aliphatic rings. The maximum Gasteiger partial charge on any atom is 0.372 e.